The number of carbonyl (C=O) groups is 2. The van der Waals surface area contributed by atoms with Gasteiger partial charge in [0.1, 0.15) is 0 Å². The van der Waals surface area contributed by atoms with E-state index in [0.717, 1.165) is 12.2 Å². The SMILES string of the molecule is COC(=O)C(O)CNC(=O)CSCCc1ccccc1. The van der Waals surface area contributed by atoms with Gasteiger partial charge in [-0.05, 0) is 17.7 Å². The Kier molecular flexibility index (Phi) is 7.75. The summed E-state index contributed by atoms with van der Waals surface area (Å²) in [4.78, 5) is 22.4. The first-order chi connectivity index (χ1) is 9.63. The maximum absolute atomic E-state index is 11.5. The number of carbonyl (C=O) groups excluding carboxylic acids is 2. The molecule has 0 aromatic heterocycles. The molecule has 0 radical (unpaired) electrons. The second kappa shape index (κ2) is 9.39. The van der Waals surface area contributed by atoms with Crippen molar-refractivity contribution in [2.75, 3.05) is 25.2 Å². The molecule has 0 spiro atoms. The molecule has 0 aliphatic rings. The number of nitrogens with one attached hydrogen (secondary N) is 1. The molecule has 0 aliphatic carbocycles. The van der Waals surface area contributed by atoms with Crippen molar-refractivity contribution in [3.63, 3.8) is 0 Å². The number of aryl methyl sites for hydroxylation is 1. The second-order valence-electron chi connectivity index (χ2n) is 4.13. The molecule has 1 aromatic carbocycles. The second-order valence-corrected chi connectivity index (χ2v) is 5.24. The van der Waals surface area contributed by atoms with E-state index >= 15 is 0 Å². The van der Waals surface area contributed by atoms with Crippen LogP contribution in [-0.4, -0.2) is 48.2 Å². The highest BCUT2D eigenvalue weighted by Gasteiger charge is 2.15. The summed E-state index contributed by atoms with van der Waals surface area (Å²) in [5, 5.41) is 11.8. The summed E-state index contributed by atoms with van der Waals surface area (Å²) in [7, 11) is 1.19. The number of hydrogen-bond acceptors (Lipinski definition) is 5. The number of benzene rings is 1. The molecule has 6 heteroatoms. The molecule has 2 N–H and O–H groups in total. The standard InChI is InChI=1S/C14H19NO4S/c1-19-14(18)12(16)9-15-13(17)10-20-8-7-11-5-3-2-4-6-11/h2-6,12,16H,7-10H2,1H3,(H,15,17). The van der Waals surface area contributed by atoms with Crippen LogP contribution in [0.2, 0.25) is 0 Å². The molecule has 1 atom stereocenters. The van der Waals surface area contributed by atoms with E-state index in [1.54, 1.807) is 0 Å². The zero-order chi connectivity index (χ0) is 14.8. The fraction of sp³-hybridized carbons (Fsp3) is 0.429. The van der Waals surface area contributed by atoms with E-state index in [-0.39, 0.29) is 12.5 Å². The first kappa shape index (κ1) is 16.5. The third-order valence-electron chi connectivity index (χ3n) is 2.58. The van der Waals surface area contributed by atoms with E-state index in [9.17, 15) is 14.7 Å². The average molecular weight is 297 g/mol. The van der Waals surface area contributed by atoms with Crippen LogP contribution in [0.5, 0.6) is 0 Å². The predicted octanol–water partition coefficient (Wildman–Crippen LogP) is 0.612. The molecule has 1 amide bonds. The Morgan fingerprint density at radius 2 is 2.05 bits per heavy atom. The van der Waals surface area contributed by atoms with Gasteiger partial charge in [0.25, 0.3) is 0 Å². The van der Waals surface area contributed by atoms with Crippen LogP contribution in [-0.2, 0) is 20.7 Å². The molecule has 1 aromatic rings. The van der Waals surface area contributed by atoms with E-state index in [1.807, 2.05) is 30.3 Å². The number of esters is 1. The van der Waals surface area contributed by atoms with Crippen LogP contribution in [0.3, 0.4) is 0 Å². The van der Waals surface area contributed by atoms with E-state index in [4.69, 9.17) is 0 Å². The highest BCUT2D eigenvalue weighted by molar-refractivity contribution is 7.99. The quantitative estimate of drug-likeness (QED) is 0.543. The van der Waals surface area contributed by atoms with Crippen molar-refractivity contribution in [1.29, 1.82) is 0 Å². The molecule has 0 saturated carbocycles. The lowest BCUT2D eigenvalue weighted by Crippen LogP contribution is -2.38. The van der Waals surface area contributed by atoms with Gasteiger partial charge in [0.15, 0.2) is 6.10 Å². The number of ether oxygens (including phenoxy) is 1. The van der Waals surface area contributed by atoms with Crippen LogP contribution in [0.25, 0.3) is 0 Å². The molecular weight excluding hydrogens is 278 g/mol. The van der Waals surface area contributed by atoms with E-state index in [2.05, 4.69) is 10.1 Å². The molecule has 0 saturated heterocycles. The highest BCUT2D eigenvalue weighted by Crippen LogP contribution is 2.06. The molecular formula is C14H19NO4S. The van der Waals surface area contributed by atoms with Gasteiger partial charge in [-0.2, -0.15) is 11.8 Å². The number of aliphatic hydroxyl groups is 1. The Morgan fingerprint density at radius 3 is 2.70 bits per heavy atom. The van der Waals surface area contributed by atoms with Crippen LogP contribution >= 0.6 is 11.8 Å². The Morgan fingerprint density at radius 1 is 1.35 bits per heavy atom. The van der Waals surface area contributed by atoms with Crippen LogP contribution in [0.15, 0.2) is 30.3 Å². The maximum atomic E-state index is 11.5. The molecule has 1 rings (SSSR count). The lowest BCUT2D eigenvalue weighted by atomic mass is 10.2. The summed E-state index contributed by atoms with van der Waals surface area (Å²) in [6, 6.07) is 10.0. The smallest absolute Gasteiger partial charge is 0.336 e. The lowest BCUT2D eigenvalue weighted by molar-refractivity contribution is -0.150. The molecule has 0 fully saturated rings. The lowest BCUT2D eigenvalue weighted by Gasteiger charge is -2.09. The number of thioether (sulfide) groups is 1. The van der Waals surface area contributed by atoms with Crippen molar-refractivity contribution in [3.8, 4) is 0 Å². The van der Waals surface area contributed by atoms with Crippen LogP contribution in [0, 0.1) is 0 Å². The molecule has 0 bridgehead atoms. The molecule has 0 aliphatic heterocycles. The van der Waals surface area contributed by atoms with Gasteiger partial charge in [0, 0.05) is 0 Å². The summed E-state index contributed by atoms with van der Waals surface area (Å²) >= 11 is 1.51. The average Bonchev–Trinajstić information content (AvgIpc) is 2.49. The molecule has 110 valence electrons. The summed E-state index contributed by atoms with van der Waals surface area (Å²) in [6.45, 7) is -0.120. The first-order valence-electron chi connectivity index (χ1n) is 6.27. The number of rotatable bonds is 8. The van der Waals surface area contributed by atoms with E-state index < -0.39 is 12.1 Å². The minimum absolute atomic E-state index is 0.120. The number of aliphatic hydroxyl groups excluding tert-OH is 1. The van der Waals surface area contributed by atoms with Crippen LogP contribution < -0.4 is 5.32 Å². The molecule has 0 heterocycles. The van der Waals surface area contributed by atoms with Crippen molar-refractivity contribution in [3.05, 3.63) is 35.9 Å². The predicted molar refractivity (Wildman–Crippen MR) is 78.5 cm³/mol. The normalized spacial score (nSPS) is 11.7. The van der Waals surface area contributed by atoms with Gasteiger partial charge in [-0.3, -0.25) is 4.79 Å². The number of hydrogen-bond donors (Lipinski definition) is 2. The third kappa shape index (κ3) is 6.58. The van der Waals surface area contributed by atoms with Gasteiger partial charge in [-0.25, -0.2) is 4.79 Å². The Balaban J connectivity index is 2.10. The molecule has 5 nitrogen and oxygen atoms in total. The minimum atomic E-state index is -1.31. The largest absolute Gasteiger partial charge is 0.467 e. The van der Waals surface area contributed by atoms with Gasteiger partial charge in [-0.15, -0.1) is 0 Å². The fourth-order valence-corrected chi connectivity index (χ4v) is 2.29. The Labute approximate surface area is 122 Å². The summed E-state index contributed by atoms with van der Waals surface area (Å²) < 4.78 is 4.35. The molecule has 1 unspecified atom stereocenters. The fourth-order valence-electron chi connectivity index (χ4n) is 1.48. The topological polar surface area (TPSA) is 75.6 Å². The van der Waals surface area contributed by atoms with Gasteiger partial charge in [-0.1, -0.05) is 30.3 Å². The number of methoxy groups -OCH3 is 1. The summed E-state index contributed by atoms with van der Waals surface area (Å²) in [5.74, 6) is 0.200. The van der Waals surface area contributed by atoms with Gasteiger partial charge in [0.05, 0.1) is 19.4 Å². The summed E-state index contributed by atoms with van der Waals surface area (Å²) in [5.41, 5.74) is 1.24. The number of amides is 1. The van der Waals surface area contributed by atoms with E-state index in [0.29, 0.717) is 5.75 Å². The van der Waals surface area contributed by atoms with Gasteiger partial charge < -0.3 is 15.2 Å². The molecule has 20 heavy (non-hydrogen) atoms. The van der Waals surface area contributed by atoms with Crippen LogP contribution in [0.1, 0.15) is 5.56 Å². The Hall–Kier alpha value is -1.53. The minimum Gasteiger partial charge on any atom is -0.467 e. The van der Waals surface area contributed by atoms with Crippen molar-refractivity contribution in [1.82, 2.24) is 5.32 Å². The van der Waals surface area contributed by atoms with Crippen molar-refractivity contribution >= 4 is 23.6 Å². The zero-order valence-electron chi connectivity index (χ0n) is 11.4. The van der Waals surface area contributed by atoms with Crippen molar-refractivity contribution in [2.24, 2.45) is 0 Å². The maximum Gasteiger partial charge on any atom is 0.336 e. The summed E-state index contributed by atoms with van der Waals surface area (Å²) in [6.07, 6.45) is -0.401. The first-order valence-corrected chi connectivity index (χ1v) is 7.43. The van der Waals surface area contributed by atoms with Crippen molar-refractivity contribution in [2.45, 2.75) is 12.5 Å². The van der Waals surface area contributed by atoms with Crippen LogP contribution in [0.4, 0.5) is 0 Å². The van der Waals surface area contributed by atoms with Gasteiger partial charge >= 0.3 is 5.97 Å². The van der Waals surface area contributed by atoms with Gasteiger partial charge in [0.2, 0.25) is 5.91 Å². The van der Waals surface area contributed by atoms with Crippen molar-refractivity contribution < 1.29 is 19.4 Å². The third-order valence-corrected chi connectivity index (χ3v) is 3.54. The zero-order valence-corrected chi connectivity index (χ0v) is 12.2. The monoisotopic (exact) mass is 297 g/mol. The Bertz CT molecular complexity index is 424. The van der Waals surface area contributed by atoms with E-state index in [1.165, 1.54) is 24.4 Å². The highest BCUT2D eigenvalue weighted by atomic mass is 32.2.